The Morgan fingerprint density at radius 2 is 2.00 bits per heavy atom. The van der Waals surface area contributed by atoms with E-state index >= 15 is 0 Å². The summed E-state index contributed by atoms with van der Waals surface area (Å²) in [6, 6.07) is 13.6. The summed E-state index contributed by atoms with van der Waals surface area (Å²) in [7, 11) is 0. The molecule has 0 aromatic heterocycles. The van der Waals surface area contributed by atoms with Gasteiger partial charge in [0.25, 0.3) is 0 Å². The minimum Gasteiger partial charge on any atom is -0.355 e. The first-order valence-corrected chi connectivity index (χ1v) is 5.70. The van der Waals surface area contributed by atoms with Crippen molar-refractivity contribution in [3.63, 3.8) is 0 Å². The van der Waals surface area contributed by atoms with Crippen LogP contribution in [0.25, 0.3) is 0 Å². The van der Waals surface area contributed by atoms with Crippen molar-refractivity contribution in [2.45, 2.75) is 0 Å². The third-order valence-electron chi connectivity index (χ3n) is 2.20. The molecule has 2 rings (SSSR count). The SMILES string of the molecule is N#Cc1cccc(Nc2ccc(F)cc2Br)c1. The molecule has 0 radical (unpaired) electrons. The summed E-state index contributed by atoms with van der Waals surface area (Å²) < 4.78 is 13.5. The molecule has 0 atom stereocenters. The standard InChI is InChI=1S/C13H8BrFN2/c14-12-7-10(15)4-5-13(12)17-11-3-1-2-9(6-11)8-16/h1-7,17H. The molecule has 0 aliphatic rings. The monoisotopic (exact) mass is 290 g/mol. The van der Waals surface area contributed by atoms with Crippen LogP contribution < -0.4 is 5.32 Å². The first-order chi connectivity index (χ1) is 8.19. The molecule has 0 unspecified atom stereocenters. The molecule has 0 saturated carbocycles. The number of rotatable bonds is 2. The molecule has 0 fully saturated rings. The van der Waals surface area contributed by atoms with Gasteiger partial charge in [-0.2, -0.15) is 5.26 Å². The van der Waals surface area contributed by atoms with Gasteiger partial charge in [-0.3, -0.25) is 0 Å². The highest BCUT2D eigenvalue weighted by Gasteiger charge is 2.02. The fraction of sp³-hybridized carbons (Fsp3) is 0. The summed E-state index contributed by atoms with van der Waals surface area (Å²) in [5.74, 6) is -0.298. The van der Waals surface area contributed by atoms with Gasteiger partial charge < -0.3 is 5.32 Å². The van der Waals surface area contributed by atoms with E-state index in [0.29, 0.717) is 10.0 Å². The number of benzene rings is 2. The Bertz CT molecular complexity index is 590. The lowest BCUT2D eigenvalue weighted by atomic mass is 10.2. The maximum atomic E-state index is 12.9. The molecule has 0 heterocycles. The van der Waals surface area contributed by atoms with Crippen molar-refractivity contribution in [3.05, 3.63) is 58.3 Å². The second kappa shape index (κ2) is 4.98. The van der Waals surface area contributed by atoms with E-state index in [1.165, 1.54) is 12.1 Å². The Labute approximate surface area is 107 Å². The van der Waals surface area contributed by atoms with E-state index in [1.54, 1.807) is 24.3 Å². The van der Waals surface area contributed by atoms with Crippen LogP contribution in [0, 0.1) is 17.1 Å². The summed E-state index contributed by atoms with van der Waals surface area (Å²) in [6.07, 6.45) is 0. The van der Waals surface area contributed by atoms with Gasteiger partial charge in [0, 0.05) is 10.2 Å². The summed E-state index contributed by atoms with van der Waals surface area (Å²) in [5, 5.41) is 11.9. The maximum Gasteiger partial charge on any atom is 0.124 e. The summed E-state index contributed by atoms with van der Waals surface area (Å²) >= 11 is 3.27. The Balaban J connectivity index is 2.28. The molecule has 0 saturated heterocycles. The molecule has 0 amide bonds. The van der Waals surface area contributed by atoms with Crippen LogP contribution in [0.2, 0.25) is 0 Å². The number of nitrogens with zero attached hydrogens (tertiary/aromatic N) is 1. The van der Waals surface area contributed by atoms with Crippen molar-refractivity contribution in [3.8, 4) is 6.07 Å². The zero-order valence-corrected chi connectivity index (χ0v) is 10.3. The molecule has 2 nitrogen and oxygen atoms in total. The lowest BCUT2D eigenvalue weighted by molar-refractivity contribution is 0.627. The lowest BCUT2D eigenvalue weighted by Crippen LogP contribution is -1.92. The van der Waals surface area contributed by atoms with Gasteiger partial charge in [-0.1, -0.05) is 6.07 Å². The van der Waals surface area contributed by atoms with Crippen LogP contribution in [0.3, 0.4) is 0 Å². The zero-order chi connectivity index (χ0) is 12.3. The van der Waals surface area contributed by atoms with E-state index in [4.69, 9.17) is 5.26 Å². The van der Waals surface area contributed by atoms with Crippen LogP contribution in [-0.4, -0.2) is 0 Å². The number of nitriles is 1. The summed E-state index contributed by atoms with van der Waals surface area (Å²) in [6.45, 7) is 0. The molecule has 0 aliphatic carbocycles. The molecular weight excluding hydrogens is 283 g/mol. The van der Waals surface area contributed by atoms with Gasteiger partial charge in [0.15, 0.2) is 0 Å². The van der Waals surface area contributed by atoms with E-state index in [9.17, 15) is 4.39 Å². The fourth-order valence-electron chi connectivity index (χ4n) is 1.41. The van der Waals surface area contributed by atoms with Crippen LogP contribution in [0.4, 0.5) is 15.8 Å². The second-order valence-corrected chi connectivity index (χ2v) is 4.30. The first-order valence-electron chi connectivity index (χ1n) is 4.91. The molecule has 17 heavy (non-hydrogen) atoms. The minimum absolute atomic E-state index is 0.298. The number of hydrogen-bond acceptors (Lipinski definition) is 2. The lowest BCUT2D eigenvalue weighted by Gasteiger charge is -2.08. The van der Waals surface area contributed by atoms with E-state index in [2.05, 4.69) is 27.3 Å². The number of hydrogen-bond donors (Lipinski definition) is 1. The van der Waals surface area contributed by atoms with Crippen LogP contribution >= 0.6 is 15.9 Å². The van der Waals surface area contributed by atoms with Gasteiger partial charge in [0.05, 0.1) is 17.3 Å². The zero-order valence-electron chi connectivity index (χ0n) is 8.74. The third kappa shape index (κ3) is 2.83. The Morgan fingerprint density at radius 1 is 1.18 bits per heavy atom. The largest absolute Gasteiger partial charge is 0.355 e. The Morgan fingerprint density at radius 3 is 2.71 bits per heavy atom. The number of halogens is 2. The highest BCUT2D eigenvalue weighted by molar-refractivity contribution is 9.10. The predicted molar refractivity (Wildman–Crippen MR) is 68.5 cm³/mol. The van der Waals surface area contributed by atoms with Gasteiger partial charge in [-0.15, -0.1) is 0 Å². The molecule has 2 aromatic carbocycles. The fourth-order valence-corrected chi connectivity index (χ4v) is 1.86. The molecule has 2 aromatic rings. The first kappa shape index (κ1) is 11.6. The average molecular weight is 291 g/mol. The quantitative estimate of drug-likeness (QED) is 0.900. The predicted octanol–water partition coefficient (Wildman–Crippen LogP) is 4.20. The number of anilines is 2. The Hall–Kier alpha value is -1.86. The molecular formula is C13H8BrFN2. The molecule has 0 bridgehead atoms. The molecule has 0 aliphatic heterocycles. The molecule has 0 spiro atoms. The van der Waals surface area contributed by atoms with Crippen molar-refractivity contribution in [2.24, 2.45) is 0 Å². The van der Waals surface area contributed by atoms with Crippen molar-refractivity contribution < 1.29 is 4.39 Å². The van der Waals surface area contributed by atoms with Gasteiger partial charge in [-0.05, 0) is 52.3 Å². The molecule has 4 heteroatoms. The van der Waals surface area contributed by atoms with Crippen molar-refractivity contribution >= 4 is 27.3 Å². The van der Waals surface area contributed by atoms with Crippen LogP contribution in [-0.2, 0) is 0 Å². The third-order valence-corrected chi connectivity index (χ3v) is 2.86. The van der Waals surface area contributed by atoms with E-state index < -0.39 is 0 Å². The normalized spacial score (nSPS) is 9.71. The van der Waals surface area contributed by atoms with Crippen molar-refractivity contribution in [2.75, 3.05) is 5.32 Å². The number of nitrogens with one attached hydrogen (secondary N) is 1. The van der Waals surface area contributed by atoms with Gasteiger partial charge in [-0.25, -0.2) is 4.39 Å². The van der Waals surface area contributed by atoms with E-state index in [1.807, 2.05) is 6.07 Å². The van der Waals surface area contributed by atoms with Crippen LogP contribution in [0.1, 0.15) is 5.56 Å². The summed E-state index contributed by atoms with van der Waals surface area (Å²) in [5.41, 5.74) is 2.12. The highest BCUT2D eigenvalue weighted by Crippen LogP contribution is 2.26. The molecule has 84 valence electrons. The maximum absolute atomic E-state index is 12.9. The van der Waals surface area contributed by atoms with Crippen LogP contribution in [0.15, 0.2) is 46.9 Å². The van der Waals surface area contributed by atoms with Crippen LogP contribution in [0.5, 0.6) is 0 Å². The van der Waals surface area contributed by atoms with Gasteiger partial charge in [0.2, 0.25) is 0 Å². The van der Waals surface area contributed by atoms with E-state index in [0.717, 1.165) is 11.4 Å². The summed E-state index contributed by atoms with van der Waals surface area (Å²) in [4.78, 5) is 0. The van der Waals surface area contributed by atoms with Crippen molar-refractivity contribution in [1.82, 2.24) is 0 Å². The van der Waals surface area contributed by atoms with Gasteiger partial charge >= 0.3 is 0 Å². The molecule has 1 N–H and O–H groups in total. The van der Waals surface area contributed by atoms with Crippen molar-refractivity contribution in [1.29, 1.82) is 5.26 Å². The smallest absolute Gasteiger partial charge is 0.124 e. The minimum atomic E-state index is -0.298. The topological polar surface area (TPSA) is 35.8 Å². The second-order valence-electron chi connectivity index (χ2n) is 3.44. The van der Waals surface area contributed by atoms with E-state index in [-0.39, 0.29) is 5.82 Å². The average Bonchev–Trinajstić information content (AvgIpc) is 2.33. The van der Waals surface area contributed by atoms with Gasteiger partial charge in [0.1, 0.15) is 5.82 Å². The Kier molecular flexibility index (Phi) is 3.40. The highest BCUT2D eigenvalue weighted by atomic mass is 79.9.